The van der Waals surface area contributed by atoms with Crippen molar-refractivity contribution >= 4 is 34.0 Å². The highest BCUT2D eigenvalue weighted by Crippen LogP contribution is 2.67. The van der Waals surface area contributed by atoms with Crippen LogP contribution in [0.1, 0.15) is 93.5 Å². The molecule has 0 aliphatic heterocycles. The van der Waals surface area contributed by atoms with Gasteiger partial charge in [0.1, 0.15) is 0 Å². The van der Waals surface area contributed by atoms with E-state index in [4.69, 9.17) is 4.98 Å². The van der Waals surface area contributed by atoms with E-state index in [2.05, 4.69) is 267 Å². The maximum atomic E-state index is 5.27. The van der Waals surface area contributed by atoms with Crippen molar-refractivity contribution in [3.8, 4) is 50.3 Å². The first kappa shape index (κ1) is 43.3. The quantitative estimate of drug-likeness (QED) is 0.162. The van der Waals surface area contributed by atoms with Crippen LogP contribution in [0, 0.1) is 0 Å². The van der Waals surface area contributed by atoms with Gasteiger partial charge >= 0.3 is 0 Å². The van der Waals surface area contributed by atoms with Gasteiger partial charge in [0.2, 0.25) is 0 Å². The van der Waals surface area contributed by atoms with Crippen molar-refractivity contribution in [2.24, 2.45) is 0 Å². The fraction of sp³-hybridized carbons (Fsp3) is 0.0946. The summed E-state index contributed by atoms with van der Waals surface area (Å²) in [6.07, 6.45) is 8.59. The van der Waals surface area contributed by atoms with E-state index in [-0.39, 0.29) is 5.41 Å². The lowest BCUT2D eigenvalue weighted by molar-refractivity contribution is 0.490. The molecule has 0 fully saturated rings. The summed E-state index contributed by atoms with van der Waals surface area (Å²) in [6.45, 7) is 4.73. The first-order valence-corrected chi connectivity index (χ1v) is 27.1. The van der Waals surface area contributed by atoms with Gasteiger partial charge in [0.05, 0.1) is 27.6 Å². The number of hydrogen-bond donors (Lipinski definition) is 0. The molecule has 12 aromatic rings. The van der Waals surface area contributed by atoms with Crippen LogP contribution < -0.4 is 0 Å². The molecule has 0 atom stereocenters. The first-order valence-electron chi connectivity index (χ1n) is 27.1. The van der Waals surface area contributed by atoms with Gasteiger partial charge in [-0.15, -0.1) is 0 Å². The maximum absolute atomic E-state index is 5.27. The molecule has 76 heavy (non-hydrogen) atoms. The zero-order valence-electron chi connectivity index (χ0n) is 42.6. The van der Waals surface area contributed by atoms with E-state index in [1.807, 2.05) is 6.20 Å². The summed E-state index contributed by atoms with van der Waals surface area (Å²) in [5.41, 5.74) is 28.3. The van der Waals surface area contributed by atoms with Gasteiger partial charge in [-0.05, 0) is 149 Å². The second-order valence-corrected chi connectivity index (χ2v) is 21.5. The lowest BCUT2D eigenvalue weighted by atomic mass is 9.52. The van der Waals surface area contributed by atoms with Crippen molar-refractivity contribution in [1.29, 1.82) is 0 Å². The zero-order valence-corrected chi connectivity index (χ0v) is 42.6. The molecule has 0 saturated carbocycles. The van der Waals surface area contributed by atoms with E-state index in [1.165, 1.54) is 122 Å². The van der Waals surface area contributed by atoms with Crippen LogP contribution in [0.25, 0.3) is 84.3 Å². The normalized spacial score (nSPS) is 15.1. The Morgan fingerprint density at radius 3 is 1.33 bits per heavy atom. The highest BCUT2D eigenvalue weighted by molar-refractivity contribution is 6.09. The summed E-state index contributed by atoms with van der Waals surface area (Å²) < 4.78 is 2.45. The molecule has 0 radical (unpaired) electrons. The molecule has 358 valence electrons. The van der Waals surface area contributed by atoms with E-state index in [1.54, 1.807) is 0 Å². The van der Waals surface area contributed by atoms with Gasteiger partial charge < -0.3 is 4.57 Å². The molecule has 2 spiro atoms. The number of benzene rings is 10. The van der Waals surface area contributed by atoms with Crippen LogP contribution >= 0.6 is 0 Å². The van der Waals surface area contributed by atoms with E-state index < -0.39 is 10.8 Å². The fourth-order valence-corrected chi connectivity index (χ4v) is 15.2. The number of para-hydroxylation sites is 2. The Bertz CT molecular complexity index is 4300. The fourth-order valence-electron chi connectivity index (χ4n) is 15.2. The van der Waals surface area contributed by atoms with Gasteiger partial charge in [-0.3, -0.25) is 4.98 Å². The second kappa shape index (κ2) is 15.9. The molecule has 0 N–H and O–H groups in total. The van der Waals surface area contributed by atoms with Gasteiger partial charge in [-0.25, -0.2) is 0 Å². The highest BCUT2D eigenvalue weighted by atomic mass is 15.0. The standard InChI is InChI=1S/C74H52N2/c1-3-72(4-2)66-43-47(35-39-55(66)56-40-38-50(45-67(56)72)76-70-31-17-9-23-57(70)58-24-10-18-32-71(58)76)33-34-48-36-42-69(75-46-48)49-37-41-65-68(44-49)74(61-27-13-7-21-53(61)54-22-8-14-28-62(54)74)64-30-16-15-29-63(64)73(65)59-25-11-5-19-51(59)52-20-6-12-26-60(52)73/h5-46H,3-4H2,1-2H3/b34-33+. The van der Waals surface area contributed by atoms with E-state index in [9.17, 15) is 0 Å². The van der Waals surface area contributed by atoms with E-state index >= 15 is 0 Å². The van der Waals surface area contributed by atoms with Gasteiger partial charge in [-0.2, -0.15) is 0 Å². The molecule has 10 aromatic carbocycles. The molecule has 2 heterocycles. The molecule has 4 aliphatic rings. The highest BCUT2D eigenvalue weighted by Gasteiger charge is 2.59. The van der Waals surface area contributed by atoms with Crippen LogP contribution in [0.2, 0.25) is 0 Å². The van der Waals surface area contributed by atoms with Crippen LogP contribution in [0.4, 0.5) is 0 Å². The maximum Gasteiger partial charge on any atom is 0.0720 e. The summed E-state index contributed by atoms with van der Waals surface area (Å²) >= 11 is 0. The second-order valence-electron chi connectivity index (χ2n) is 21.5. The Kier molecular flexibility index (Phi) is 9.09. The monoisotopic (exact) mass is 968 g/mol. The predicted octanol–water partition coefficient (Wildman–Crippen LogP) is 18.1. The third kappa shape index (κ3) is 5.48. The molecule has 2 aromatic heterocycles. The molecule has 0 unspecified atom stereocenters. The minimum atomic E-state index is -0.547. The van der Waals surface area contributed by atoms with Crippen LogP contribution in [0.3, 0.4) is 0 Å². The molecule has 0 amide bonds. The number of rotatable bonds is 6. The molecule has 0 bridgehead atoms. The van der Waals surface area contributed by atoms with E-state index in [0.29, 0.717) is 0 Å². The van der Waals surface area contributed by atoms with Crippen LogP contribution in [-0.4, -0.2) is 9.55 Å². The van der Waals surface area contributed by atoms with E-state index in [0.717, 1.165) is 29.7 Å². The van der Waals surface area contributed by atoms with Gasteiger partial charge in [0.15, 0.2) is 0 Å². The molecular weight excluding hydrogens is 917 g/mol. The topological polar surface area (TPSA) is 17.8 Å². The van der Waals surface area contributed by atoms with Gasteiger partial charge in [-0.1, -0.05) is 226 Å². The van der Waals surface area contributed by atoms with Crippen molar-refractivity contribution in [3.63, 3.8) is 0 Å². The Hall–Kier alpha value is -9.11. The number of hydrogen-bond acceptors (Lipinski definition) is 1. The Morgan fingerprint density at radius 1 is 0.355 bits per heavy atom. The average Bonchev–Trinajstić information content (AvgIpc) is 4.04. The van der Waals surface area contributed by atoms with Crippen molar-refractivity contribution < 1.29 is 0 Å². The third-order valence-corrected chi connectivity index (χ3v) is 18.4. The van der Waals surface area contributed by atoms with Crippen LogP contribution in [-0.2, 0) is 16.2 Å². The Labute approximate surface area is 444 Å². The summed E-state index contributed by atoms with van der Waals surface area (Å²) in [6, 6.07) is 89.5. The van der Waals surface area contributed by atoms with Crippen molar-refractivity contribution in [2.75, 3.05) is 0 Å². The van der Waals surface area contributed by atoms with Crippen LogP contribution in [0.5, 0.6) is 0 Å². The first-order chi connectivity index (χ1) is 37.6. The average molecular weight is 969 g/mol. The van der Waals surface area contributed by atoms with Gasteiger partial charge in [0.25, 0.3) is 0 Å². The predicted molar refractivity (Wildman–Crippen MR) is 314 cm³/mol. The van der Waals surface area contributed by atoms with Gasteiger partial charge in [0, 0.05) is 33.6 Å². The zero-order chi connectivity index (χ0) is 50.3. The van der Waals surface area contributed by atoms with Crippen molar-refractivity contribution in [2.45, 2.75) is 42.9 Å². The summed E-state index contributed by atoms with van der Waals surface area (Å²) in [7, 11) is 0. The Morgan fingerprint density at radius 2 is 0.789 bits per heavy atom. The largest absolute Gasteiger partial charge is 0.309 e. The molecule has 0 saturated heterocycles. The summed E-state index contributed by atoms with van der Waals surface area (Å²) in [5.74, 6) is 0. The molecule has 4 aliphatic carbocycles. The van der Waals surface area contributed by atoms with Crippen molar-refractivity contribution in [1.82, 2.24) is 9.55 Å². The summed E-state index contributed by atoms with van der Waals surface area (Å²) in [5, 5.41) is 2.58. The van der Waals surface area contributed by atoms with Crippen molar-refractivity contribution in [3.05, 3.63) is 310 Å². The number of aromatic nitrogens is 2. The Balaban J connectivity index is 0.792. The number of nitrogens with zero attached hydrogens (tertiary/aromatic N) is 2. The number of fused-ring (bicyclic) bond motifs is 22. The third-order valence-electron chi connectivity index (χ3n) is 18.4. The lowest BCUT2D eigenvalue weighted by Crippen LogP contribution is -2.43. The smallest absolute Gasteiger partial charge is 0.0720 e. The molecule has 16 rings (SSSR count). The SMILES string of the molecule is CCC1(CC)c2cc(/C=C/c3ccc(-c4ccc5c(c4)C4(c6ccccc6-c6ccccc64)c4ccccc4C54c5ccccc5-c5ccccc54)nc3)ccc2-c2ccc(-n3c4ccccc4c4ccccc43)cc21. The minimum Gasteiger partial charge on any atom is -0.309 e. The summed E-state index contributed by atoms with van der Waals surface area (Å²) in [4.78, 5) is 5.27. The molecule has 2 heteroatoms. The molecule has 2 nitrogen and oxygen atoms in total. The lowest BCUT2D eigenvalue weighted by Gasteiger charge is -2.49. The number of pyridine rings is 1. The van der Waals surface area contributed by atoms with Crippen LogP contribution in [0.15, 0.2) is 243 Å². The minimum absolute atomic E-state index is 0.0884. The molecular formula is C74H52N2.